The molecule has 1 N–H and O–H groups in total. The lowest BCUT2D eigenvalue weighted by Gasteiger charge is -2.21. The third kappa shape index (κ3) is 1.76. The molecule has 3 heteroatoms. The van der Waals surface area contributed by atoms with Gasteiger partial charge in [0.25, 0.3) is 0 Å². The summed E-state index contributed by atoms with van der Waals surface area (Å²) in [5.74, 6) is 0. The van der Waals surface area contributed by atoms with Crippen LogP contribution < -0.4 is 5.32 Å². The summed E-state index contributed by atoms with van der Waals surface area (Å²) in [6.45, 7) is 2.28. The Hall–Kier alpha value is -0.410. The first-order valence-electron chi connectivity index (χ1n) is 4.82. The summed E-state index contributed by atoms with van der Waals surface area (Å²) in [6.07, 6.45) is 5.77. The van der Waals surface area contributed by atoms with Crippen LogP contribution in [0.4, 0.5) is 0 Å². The molecule has 0 spiro atoms. The second-order valence-corrected chi connectivity index (χ2v) is 4.95. The minimum Gasteiger partial charge on any atom is -0.317 e. The Kier molecular flexibility index (Phi) is 2.39. The summed E-state index contributed by atoms with van der Waals surface area (Å²) in [7, 11) is 2.05. The highest BCUT2D eigenvalue weighted by Crippen LogP contribution is 2.51. The lowest BCUT2D eigenvalue weighted by Crippen LogP contribution is -2.33. The van der Waals surface area contributed by atoms with Crippen molar-refractivity contribution in [2.24, 2.45) is 5.41 Å². The molecule has 1 fully saturated rings. The summed E-state index contributed by atoms with van der Waals surface area (Å²) in [6, 6.07) is 0.622. The number of nitrogens with one attached hydrogen (secondary N) is 1. The largest absolute Gasteiger partial charge is 0.317 e. The fourth-order valence-corrected chi connectivity index (χ4v) is 2.64. The Balaban J connectivity index is 2.01. The highest BCUT2D eigenvalue weighted by atomic mass is 32.1. The minimum absolute atomic E-state index is 0.520. The van der Waals surface area contributed by atoms with E-state index in [0.717, 1.165) is 6.42 Å². The van der Waals surface area contributed by atoms with Crippen molar-refractivity contribution in [2.75, 3.05) is 7.05 Å². The first-order valence-corrected chi connectivity index (χ1v) is 5.70. The first kappa shape index (κ1) is 9.16. The molecule has 1 unspecified atom stereocenters. The fourth-order valence-electron chi connectivity index (χ4n) is 1.87. The average Bonchev–Trinajstić information content (AvgIpc) is 2.73. The maximum absolute atomic E-state index is 4.35. The first-order chi connectivity index (χ1) is 6.27. The van der Waals surface area contributed by atoms with Crippen molar-refractivity contribution in [2.45, 2.75) is 32.2 Å². The van der Waals surface area contributed by atoms with Crippen LogP contribution in [0.2, 0.25) is 0 Å². The molecule has 13 heavy (non-hydrogen) atoms. The van der Waals surface area contributed by atoms with E-state index in [0.29, 0.717) is 11.5 Å². The Morgan fingerprint density at radius 3 is 2.92 bits per heavy atom. The average molecular weight is 196 g/mol. The molecule has 72 valence electrons. The number of rotatable bonds is 4. The molecule has 1 aliphatic carbocycles. The second-order valence-electron chi connectivity index (χ2n) is 3.98. The van der Waals surface area contributed by atoms with Gasteiger partial charge in [0.2, 0.25) is 0 Å². The molecular formula is C10H16N2S. The summed E-state index contributed by atoms with van der Waals surface area (Å²) < 4.78 is 0. The maximum Gasteiger partial charge on any atom is 0.0930 e. The number of thiazole rings is 1. The van der Waals surface area contributed by atoms with Crippen LogP contribution in [0.25, 0.3) is 0 Å². The summed E-state index contributed by atoms with van der Waals surface area (Å²) in [5.41, 5.74) is 0.520. The van der Waals surface area contributed by atoms with Crippen LogP contribution in [0.5, 0.6) is 0 Å². The molecule has 2 rings (SSSR count). The molecule has 1 aliphatic rings. The highest BCUT2D eigenvalue weighted by Gasteiger charge is 2.47. The minimum atomic E-state index is 0.520. The number of nitrogens with zero attached hydrogens (tertiary/aromatic N) is 1. The summed E-state index contributed by atoms with van der Waals surface area (Å²) >= 11 is 1.78. The van der Waals surface area contributed by atoms with E-state index in [1.807, 2.05) is 13.2 Å². The summed E-state index contributed by atoms with van der Waals surface area (Å²) in [4.78, 5) is 4.35. The van der Waals surface area contributed by atoms with Gasteiger partial charge in [-0.1, -0.05) is 0 Å². The predicted octanol–water partition coefficient (Wildman–Crippen LogP) is 2.07. The van der Waals surface area contributed by atoms with Gasteiger partial charge in [-0.15, -0.1) is 11.3 Å². The summed E-state index contributed by atoms with van der Waals surface area (Å²) in [5, 5.41) is 6.71. The van der Waals surface area contributed by atoms with Crippen molar-refractivity contribution >= 4 is 11.3 Å². The normalized spacial score (nSPS) is 21.4. The van der Waals surface area contributed by atoms with Crippen LogP contribution in [0.15, 0.2) is 11.6 Å². The molecule has 0 aromatic carbocycles. The molecule has 0 bridgehead atoms. The number of hydrogen-bond donors (Lipinski definition) is 1. The Bertz CT molecular complexity index is 264. The molecule has 1 atom stereocenters. The van der Waals surface area contributed by atoms with Crippen molar-refractivity contribution in [3.8, 4) is 0 Å². The monoisotopic (exact) mass is 196 g/mol. The van der Waals surface area contributed by atoms with E-state index in [1.54, 1.807) is 11.3 Å². The zero-order chi connectivity index (χ0) is 9.31. The van der Waals surface area contributed by atoms with E-state index in [-0.39, 0.29) is 0 Å². The smallest absolute Gasteiger partial charge is 0.0930 e. The molecule has 1 aromatic heterocycles. The van der Waals surface area contributed by atoms with Crippen LogP contribution in [0.1, 0.15) is 24.8 Å². The Morgan fingerprint density at radius 1 is 1.69 bits per heavy atom. The van der Waals surface area contributed by atoms with Gasteiger partial charge in [0.1, 0.15) is 0 Å². The van der Waals surface area contributed by atoms with Gasteiger partial charge in [-0.2, -0.15) is 0 Å². The molecule has 0 aliphatic heterocycles. The Labute approximate surface area is 83.4 Å². The molecule has 1 aromatic rings. The van der Waals surface area contributed by atoms with Gasteiger partial charge in [-0.3, -0.25) is 0 Å². The van der Waals surface area contributed by atoms with Gasteiger partial charge in [-0.25, -0.2) is 4.98 Å². The van der Waals surface area contributed by atoms with Crippen molar-refractivity contribution in [1.29, 1.82) is 0 Å². The maximum atomic E-state index is 4.35. The Morgan fingerprint density at radius 2 is 2.46 bits per heavy atom. The molecule has 2 nitrogen and oxygen atoms in total. The molecule has 0 amide bonds. The van der Waals surface area contributed by atoms with Crippen LogP contribution in [0, 0.1) is 5.41 Å². The quantitative estimate of drug-likeness (QED) is 0.797. The van der Waals surface area contributed by atoms with Crippen molar-refractivity contribution in [3.05, 3.63) is 16.6 Å². The third-order valence-corrected chi connectivity index (χ3v) is 4.01. The van der Waals surface area contributed by atoms with Gasteiger partial charge in [-0.05, 0) is 32.2 Å². The lowest BCUT2D eigenvalue weighted by atomic mass is 9.94. The van der Waals surface area contributed by atoms with Gasteiger partial charge < -0.3 is 5.32 Å². The topological polar surface area (TPSA) is 24.9 Å². The lowest BCUT2D eigenvalue weighted by molar-refractivity contribution is 0.369. The van der Waals surface area contributed by atoms with Crippen LogP contribution in [-0.2, 0) is 6.42 Å². The predicted molar refractivity (Wildman–Crippen MR) is 56.0 cm³/mol. The zero-order valence-corrected chi connectivity index (χ0v) is 9.03. The molecule has 1 saturated carbocycles. The van der Waals surface area contributed by atoms with Gasteiger partial charge >= 0.3 is 0 Å². The van der Waals surface area contributed by atoms with Crippen molar-refractivity contribution in [1.82, 2.24) is 10.3 Å². The van der Waals surface area contributed by atoms with Gasteiger partial charge in [0, 0.05) is 24.0 Å². The van der Waals surface area contributed by atoms with E-state index >= 15 is 0 Å². The highest BCUT2D eigenvalue weighted by molar-refractivity contribution is 7.09. The third-order valence-electron chi connectivity index (χ3n) is 3.23. The van der Waals surface area contributed by atoms with Crippen molar-refractivity contribution < 1.29 is 0 Å². The van der Waals surface area contributed by atoms with Crippen molar-refractivity contribution in [3.63, 3.8) is 0 Å². The van der Waals surface area contributed by atoms with E-state index in [4.69, 9.17) is 0 Å². The molecule has 0 saturated heterocycles. The van der Waals surface area contributed by atoms with E-state index in [2.05, 4.69) is 22.6 Å². The number of aromatic nitrogens is 1. The fraction of sp³-hybridized carbons (Fsp3) is 0.700. The SMILES string of the molecule is CNC(C)C1(Cc2nccs2)CC1. The van der Waals surface area contributed by atoms with Gasteiger partial charge in [0.05, 0.1) is 5.01 Å². The van der Waals surface area contributed by atoms with Crippen LogP contribution >= 0.6 is 11.3 Å². The van der Waals surface area contributed by atoms with Gasteiger partial charge in [0.15, 0.2) is 0 Å². The molecular weight excluding hydrogens is 180 g/mol. The van der Waals surface area contributed by atoms with Crippen LogP contribution in [-0.4, -0.2) is 18.1 Å². The molecule has 1 heterocycles. The zero-order valence-electron chi connectivity index (χ0n) is 8.21. The number of hydrogen-bond acceptors (Lipinski definition) is 3. The second kappa shape index (κ2) is 3.39. The van der Waals surface area contributed by atoms with E-state index < -0.39 is 0 Å². The van der Waals surface area contributed by atoms with Crippen LogP contribution in [0.3, 0.4) is 0 Å². The standard InChI is InChI=1S/C10H16N2S/c1-8(11-2)10(3-4-10)7-9-12-5-6-13-9/h5-6,8,11H,3-4,7H2,1-2H3. The van der Waals surface area contributed by atoms with E-state index in [9.17, 15) is 0 Å². The molecule has 0 radical (unpaired) electrons. The van der Waals surface area contributed by atoms with E-state index in [1.165, 1.54) is 17.8 Å².